The molecule has 0 saturated heterocycles. The summed E-state index contributed by atoms with van der Waals surface area (Å²) in [7, 11) is 0. The highest BCUT2D eigenvalue weighted by Crippen LogP contribution is 2.30. The Labute approximate surface area is 95.6 Å². The molecule has 1 unspecified atom stereocenters. The van der Waals surface area contributed by atoms with Gasteiger partial charge < -0.3 is 0 Å². The van der Waals surface area contributed by atoms with Crippen LogP contribution in [0, 0.1) is 18.8 Å². The summed E-state index contributed by atoms with van der Waals surface area (Å²) in [6.45, 7) is 8.27. The zero-order chi connectivity index (χ0) is 11.6. The summed E-state index contributed by atoms with van der Waals surface area (Å²) in [4.78, 5) is 10.4. The first-order valence-electron chi connectivity index (χ1n) is 5.05. The van der Waals surface area contributed by atoms with E-state index in [1.807, 2.05) is 13.0 Å². The summed E-state index contributed by atoms with van der Waals surface area (Å²) < 4.78 is 0. The van der Waals surface area contributed by atoms with E-state index in [1.165, 1.54) is 11.1 Å². The highest BCUT2D eigenvalue weighted by molar-refractivity contribution is 6.20. The summed E-state index contributed by atoms with van der Waals surface area (Å²) in [5.41, 5.74) is 3.53. The molecule has 1 aromatic carbocycles. The zero-order valence-electron chi connectivity index (χ0n) is 9.54. The van der Waals surface area contributed by atoms with Crippen LogP contribution in [0.5, 0.6) is 0 Å². The van der Waals surface area contributed by atoms with Crippen LogP contribution in [0.15, 0.2) is 17.3 Å². The van der Waals surface area contributed by atoms with Crippen LogP contribution in [0.25, 0.3) is 0 Å². The smallest absolute Gasteiger partial charge is 0.149 e. The fourth-order valence-corrected chi connectivity index (χ4v) is 2.06. The maximum Gasteiger partial charge on any atom is 0.190 e. The maximum atomic E-state index is 10.4. The number of nitrogens with zero attached hydrogens (tertiary/aromatic N) is 1. The Morgan fingerprint density at radius 2 is 1.67 bits per heavy atom. The van der Waals surface area contributed by atoms with E-state index in [0.29, 0.717) is 5.92 Å². The van der Waals surface area contributed by atoms with E-state index < -0.39 is 5.50 Å². The van der Waals surface area contributed by atoms with Crippen LogP contribution in [-0.4, -0.2) is 0 Å². The minimum absolute atomic E-state index is 0.430. The molecule has 0 aliphatic carbocycles. The fraction of sp³-hybridized carbons (Fsp3) is 0.500. The molecule has 0 fully saturated rings. The van der Waals surface area contributed by atoms with Gasteiger partial charge in [0.1, 0.15) is 0 Å². The van der Waals surface area contributed by atoms with E-state index in [2.05, 4.69) is 32.0 Å². The second-order valence-corrected chi connectivity index (χ2v) is 4.57. The van der Waals surface area contributed by atoms with Gasteiger partial charge in [-0.05, 0) is 47.2 Å². The Hall–Kier alpha value is -0.890. The highest BCUT2D eigenvalue weighted by atomic mass is 35.5. The van der Waals surface area contributed by atoms with Gasteiger partial charge in [0.05, 0.1) is 0 Å². The van der Waals surface area contributed by atoms with Crippen molar-refractivity contribution < 1.29 is 0 Å². The van der Waals surface area contributed by atoms with Crippen LogP contribution < -0.4 is 0 Å². The summed E-state index contributed by atoms with van der Waals surface area (Å²) in [5, 5.41) is 2.87. The van der Waals surface area contributed by atoms with Gasteiger partial charge >= 0.3 is 0 Å². The minimum atomic E-state index is -0.775. The number of hydrogen-bond donors (Lipinski definition) is 0. The molecule has 0 saturated carbocycles. The van der Waals surface area contributed by atoms with Gasteiger partial charge in [-0.3, -0.25) is 0 Å². The number of nitroso groups, excluding NO2 is 1. The van der Waals surface area contributed by atoms with E-state index in [4.69, 9.17) is 11.6 Å². The molecule has 0 N–H and O–H groups in total. The van der Waals surface area contributed by atoms with Gasteiger partial charge in [-0.15, -0.1) is 4.91 Å². The van der Waals surface area contributed by atoms with Crippen LogP contribution in [0.3, 0.4) is 0 Å². The number of aryl methyl sites for hydroxylation is 2. The highest BCUT2D eigenvalue weighted by Gasteiger charge is 2.14. The summed E-state index contributed by atoms with van der Waals surface area (Å²) in [6, 6.07) is 4.06. The normalized spacial score (nSPS) is 12.9. The Balaban J connectivity index is 3.29. The van der Waals surface area contributed by atoms with Crippen LogP contribution >= 0.6 is 11.6 Å². The van der Waals surface area contributed by atoms with Gasteiger partial charge in [0.2, 0.25) is 0 Å². The van der Waals surface area contributed by atoms with Gasteiger partial charge in [-0.25, -0.2) is 0 Å². The molecule has 1 aromatic rings. The van der Waals surface area contributed by atoms with E-state index >= 15 is 0 Å². The lowest BCUT2D eigenvalue weighted by Crippen LogP contribution is -1.98. The van der Waals surface area contributed by atoms with Gasteiger partial charge in [0.25, 0.3) is 0 Å². The van der Waals surface area contributed by atoms with E-state index in [-0.39, 0.29) is 0 Å². The molecule has 1 atom stereocenters. The molecule has 0 radical (unpaired) electrons. The topological polar surface area (TPSA) is 29.4 Å². The third-order valence-electron chi connectivity index (χ3n) is 2.63. The standard InChI is InChI=1S/C12H16ClNO/c1-7(2)10-6-11(12(13)14-15)9(4)5-8(10)3/h5-7,12H,1-4H3. The lowest BCUT2D eigenvalue weighted by molar-refractivity contribution is 0.846. The predicted octanol–water partition coefficient (Wildman–Crippen LogP) is 4.43. The van der Waals surface area contributed by atoms with E-state index in [0.717, 1.165) is 11.1 Å². The first kappa shape index (κ1) is 12.2. The van der Waals surface area contributed by atoms with Crippen molar-refractivity contribution in [3.05, 3.63) is 39.3 Å². The lowest BCUT2D eigenvalue weighted by atomic mass is 9.93. The van der Waals surface area contributed by atoms with Crippen molar-refractivity contribution in [1.82, 2.24) is 0 Å². The number of halogens is 1. The van der Waals surface area contributed by atoms with Crippen molar-refractivity contribution in [1.29, 1.82) is 0 Å². The largest absolute Gasteiger partial charge is 0.190 e. The molecule has 3 heteroatoms. The fourth-order valence-electron chi connectivity index (χ4n) is 1.82. The zero-order valence-corrected chi connectivity index (χ0v) is 10.3. The molecular weight excluding hydrogens is 210 g/mol. The second-order valence-electron chi connectivity index (χ2n) is 4.16. The first-order chi connectivity index (χ1) is 6.97. The summed E-state index contributed by atoms with van der Waals surface area (Å²) >= 11 is 5.85. The van der Waals surface area contributed by atoms with Gasteiger partial charge in [0, 0.05) is 0 Å². The lowest BCUT2D eigenvalue weighted by Gasteiger charge is -2.15. The SMILES string of the molecule is Cc1cc(C)c(C(Cl)N=O)cc1C(C)C. The Morgan fingerprint density at radius 1 is 1.13 bits per heavy atom. The molecule has 0 aliphatic rings. The van der Waals surface area contributed by atoms with Crippen molar-refractivity contribution in [2.75, 3.05) is 0 Å². The van der Waals surface area contributed by atoms with Gasteiger partial charge in [-0.2, -0.15) is 0 Å². The third kappa shape index (κ3) is 2.57. The quantitative estimate of drug-likeness (QED) is 0.425. The summed E-state index contributed by atoms with van der Waals surface area (Å²) in [6.07, 6.45) is 0. The maximum absolute atomic E-state index is 10.4. The number of benzene rings is 1. The van der Waals surface area contributed by atoms with Crippen molar-refractivity contribution in [3.8, 4) is 0 Å². The van der Waals surface area contributed by atoms with Crippen molar-refractivity contribution in [2.45, 2.75) is 39.1 Å². The average molecular weight is 226 g/mol. The molecule has 0 aliphatic heterocycles. The van der Waals surface area contributed by atoms with Crippen LogP contribution in [0.2, 0.25) is 0 Å². The first-order valence-corrected chi connectivity index (χ1v) is 5.48. The van der Waals surface area contributed by atoms with E-state index in [9.17, 15) is 4.91 Å². The molecule has 2 nitrogen and oxygen atoms in total. The van der Waals surface area contributed by atoms with Crippen molar-refractivity contribution in [3.63, 3.8) is 0 Å². The Morgan fingerprint density at radius 3 is 2.13 bits per heavy atom. The molecule has 0 heterocycles. The van der Waals surface area contributed by atoms with Gasteiger partial charge in [-0.1, -0.05) is 37.6 Å². The number of rotatable bonds is 3. The molecule has 0 spiro atoms. The number of hydrogen-bond acceptors (Lipinski definition) is 2. The third-order valence-corrected chi connectivity index (χ3v) is 2.94. The van der Waals surface area contributed by atoms with Crippen molar-refractivity contribution in [2.24, 2.45) is 5.18 Å². The predicted molar refractivity (Wildman–Crippen MR) is 64.4 cm³/mol. The molecule has 82 valence electrons. The van der Waals surface area contributed by atoms with Gasteiger partial charge in [0.15, 0.2) is 5.50 Å². The van der Waals surface area contributed by atoms with Crippen LogP contribution in [0.4, 0.5) is 0 Å². The molecule has 0 aromatic heterocycles. The Kier molecular flexibility index (Phi) is 3.86. The molecule has 0 amide bonds. The monoisotopic (exact) mass is 225 g/mol. The van der Waals surface area contributed by atoms with Crippen LogP contribution in [0.1, 0.15) is 47.5 Å². The minimum Gasteiger partial charge on any atom is -0.149 e. The molecule has 0 bridgehead atoms. The summed E-state index contributed by atoms with van der Waals surface area (Å²) in [5.74, 6) is 0.430. The molecule has 1 rings (SSSR count). The van der Waals surface area contributed by atoms with E-state index in [1.54, 1.807) is 0 Å². The molecular formula is C12H16ClNO. The van der Waals surface area contributed by atoms with Crippen molar-refractivity contribution >= 4 is 11.6 Å². The van der Waals surface area contributed by atoms with Crippen LogP contribution in [-0.2, 0) is 0 Å². The average Bonchev–Trinajstić information content (AvgIpc) is 2.16. The molecule has 15 heavy (non-hydrogen) atoms. The second kappa shape index (κ2) is 4.75. The number of alkyl halides is 1. The Bertz CT molecular complexity index is 374.